The first-order valence-corrected chi connectivity index (χ1v) is 3.86. The molecule has 0 aromatic rings. The van der Waals surface area contributed by atoms with E-state index in [0.29, 0.717) is 0 Å². The van der Waals surface area contributed by atoms with Crippen LogP contribution < -0.4 is 5.32 Å². The summed E-state index contributed by atoms with van der Waals surface area (Å²) in [7, 11) is 0. The molecule has 0 radical (unpaired) electrons. The van der Waals surface area contributed by atoms with Crippen molar-refractivity contribution in [1.82, 2.24) is 5.32 Å². The van der Waals surface area contributed by atoms with Crippen LogP contribution in [0.4, 0.5) is 0 Å². The molecule has 1 aliphatic heterocycles. The van der Waals surface area contributed by atoms with Crippen LogP contribution in [-0.4, -0.2) is 18.1 Å². The second kappa shape index (κ2) is 2.92. The Balaban J connectivity index is 2.49. The van der Waals surface area contributed by atoms with Crippen LogP contribution in [0.25, 0.3) is 0 Å². The normalized spacial score (nSPS) is 22.1. The molecule has 0 amide bonds. The Morgan fingerprint density at radius 1 is 1.89 bits per heavy atom. The molecule has 50 valence electrons. The van der Waals surface area contributed by atoms with Crippen molar-refractivity contribution in [3.63, 3.8) is 0 Å². The third kappa shape index (κ3) is 2.10. The summed E-state index contributed by atoms with van der Waals surface area (Å²) in [5.74, 6) is 1.20. The Labute approximate surface area is 58.7 Å². The maximum Gasteiger partial charge on any atom is 0.155 e. The highest BCUT2D eigenvalue weighted by atomic mass is 32.2. The Morgan fingerprint density at radius 3 is 3.11 bits per heavy atom. The van der Waals surface area contributed by atoms with E-state index in [2.05, 4.69) is 5.32 Å². The van der Waals surface area contributed by atoms with Crippen LogP contribution in [0.15, 0.2) is 11.1 Å². The van der Waals surface area contributed by atoms with E-state index in [4.69, 9.17) is 0 Å². The van der Waals surface area contributed by atoms with Crippen molar-refractivity contribution in [2.24, 2.45) is 0 Å². The maximum atomic E-state index is 10.5. The first kappa shape index (κ1) is 6.68. The smallest absolute Gasteiger partial charge is 0.155 e. The van der Waals surface area contributed by atoms with Gasteiger partial charge in [0.05, 0.1) is 5.03 Å². The van der Waals surface area contributed by atoms with Gasteiger partial charge >= 0.3 is 0 Å². The summed E-state index contributed by atoms with van der Waals surface area (Å²) < 4.78 is 0. The molecular formula is C6H9NOS. The molecule has 2 nitrogen and oxygen atoms in total. The van der Waals surface area contributed by atoms with Crippen LogP contribution in [0.5, 0.6) is 0 Å². The van der Waals surface area contributed by atoms with Crippen molar-refractivity contribution in [3.8, 4) is 0 Å². The molecule has 1 fully saturated rings. The van der Waals surface area contributed by atoms with E-state index >= 15 is 0 Å². The number of rotatable bonds is 1. The third-order valence-corrected chi connectivity index (χ3v) is 1.97. The second-order valence-corrected chi connectivity index (χ2v) is 3.03. The van der Waals surface area contributed by atoms with Crippen molar-refractivity contribution in [2.45, 2.75) is 6.92 Å². The molecule has 0 unspecified atom stereocenters. The lowest BCUT2D eigenvalue weighted by Crippen LogP contribution is -2.05. The van der Waals surface area contributed by atoms with Crippen molar-refractivity contribution < 1.29 is 4.79 Å². The van der Waals surface area contributed by atoms with E-state index in [0.717, 1.165) is 17.3 Å². The number of hydrogen-bond donors (Lipinski definition) is 1. The molecule has 0 spiro atoms. The van der Waals surface area contributed by atoms with E-state index in [1.54, 1.807) is 24.8 Å². The molecular weight excluding hydrogens is 134 g/mol. The number of carbonyl (C=O) groups excluding carboxylic acids is 1. The average Bonchev–Trinajstić information content (AvgIpc) is 2.15. The molecule has 0 bridgehead atoms. The first-order valence-electron chi connectivity index (χ1n) is 2.88. The highest BCUT2D eigenvalue weighted by Crippen LogP contribution is 2.16. The molecule has 1 heterocycles. The largest absolute Gasteiger partial charge is 0.379 e. The van der Waals surface area contributed by atoms with Gasteiger partial charge in [-0.3, -0.25) is 4.79 Å². The van der Waals surface area contributed by atoms with E-state index in [-0.39, 0.29) is 5.78 Å². The highest BCUT2D eigenvalue weighted by molar-refractivity contribution is 8.03. The van der Waals surface area contributed by atoms with Gasteiger partial charge in [-0.15, -0.1) is 11.8 Å². The number of allylic oxidation sites excluding steroid dienone is 1. The van der Waals surface area contributed by atoms with Gasteiger partial charge in [-0.05, 0) is 6.92 Å². The van der Waals surface area contributed by atoms with Crippen LogP contribution in [0.3, 0.4) is 0 Å². The fourth-order valence-electron chi connectivity index (χ4n) is 0.664. The minimum Gasteiger partial charge on any atom is -0.379 e. The predicted octanol–water partition coefficient (Wildman–Crippen LogP) is 0.753. The summed E-state index contributed by atoms with van der Waals surface area (Å²) in [5, 5.41) is 4.11. The van der Waals surface area contributed by atoms with Gasteiger partial charge in [-0.1, -0.05) is 0 Å². The molecule has 0 aromatic heterocycles. The minimum absolute atomic E-state index is 0.118. The van der Waals surface area contributed by atoms with Gasteiger partial charge in [0, 0.05) is 18.4 Å². The summed E-state index contributed by atoms with van der Waals surface area (Å²) in [5.41, 5.74) is 0. The van der Waals surface area contributed by atoms with Crippen LogP contribution in [0.2, 0.25) is 0 Å². The Bertz CT molecular complexity index is 145. The van der Waals surface area contributed by atoms with E-state index in [1.807, 2.05) is 0 Å². The molecule has 1 saturated heterocycles. The van der Waals surface area contributed by atoms with Gasteiger partial charge < -0.3 is 5.32 Å². The molecule has 0 aromatic carbocycles. The standard InChI is InChI=1S/C6H9NOS/c1-5(8)4-6-7-2-3-9-6/h4,7H,2-3H2,1H3/b6-4-. The summed E-state index contributed by atoms with van der Waals surface area (Å²) in [6.45, 7) is 2.55. The Morgan fingerprint density at radius 2 is 2.67 bits per heavy atom. The molecule has 0 atom stereocenters. The average molecular weight is 143 g/mol. The monoisotopic (exact) mass is 143 g/mol. The van der Waals surface area contributed by atoms with E-state index in [9.17, 15) is 4.79 Å². The summed E-state index contributed by atoms with van der Waals surface area (Å²) in [4.78, 5) is 10.5. The highest BCUT2D eigenvalue weighted by Gasteiger charge is 2.04. The fourth-order valence-corrected chi connectivity index (χ4v) is 1.54. The fraction of sp³-hybridized carbons (Fsp3) is 0.500. The summed E-state index contributed by atoms with van der Waals surface area (Å²) in [6, 6.07) is 0. The lowest BCUT2D eigenvalue weighted by Gasteiger charge is -1.91. The Kier molecular flexibility index (Phi) is 2.16. The molecule has 1 aliphatic rings. The molecule has 9 heavy (non-hydrogen) atoms. The SMILES string of the molecule is CC(=O)/C=C1/NCCS1. The topological polar surface area (TPSA) is 29.1 Å². The van der Waals surface area contributed by atoms with Gasteiger partial charge in [-0.2, -0.15) is 0 Å². The van der Waals surface area contributed by atoms with Gasteiger partial charge in [-0.25, -0.2) is 0 Å². The zero-order valence-electron chi connectivity index (χ0n) is 5.31. The van der Waals surface area contributed by atoms with Crippen LogP contribution in [0, 0.1) is 0 Å². The lowest BCUT2D eigenvalue weighted by molar-refractivity contribution is -0.112. The van der Waals surface area contributed by atoms with Crippen LogP contribution in [-0.2, 0) is 4.79 Å². The number of ketones is 1. The quantitative estimate of drug-likeness (QED) is 0.549. The zero-order valence-corrected chi connectivity index (χ0v) is 6.12. The summed E-state index contributed by atoms with van der Waals surface area (Å²) in [6.07, 6.45) is 1.64. The molecule has 0 aliphatic carbocycles. The number of nitrogens with one attached hydrogen (secondary N) is 1. The van der Waals surface area contributed by atoms with Crippen molar-refractivity contribution in [2.75, 3.05) is 12.3 Å². The van der Waals surface area contributed by atoms with Crippen molar-refractivity contribution in [3.05, 3.63) is 11.1 Å². The number of carbonyl (C=O) groups is 1. The van der Waals surface area contributed by atoms with Gasteiger partial charge in [0.25, 0.3) is 0 Å². The second-order valence-electron chi connectivity index (χ2n) is 1.89. The molecule has 1 rings (SSSR count). The third-order valence-electron chi connectivity index (χ3n) is 0.993. The minimum atomic E-state index is 0.118. The molecule has 1 N–H and O–H groups in total. The predicted molar refractivity (Wildman–Crippen MR) is 39.2 cm³/mol. The van der Waals surface area contributed by atoms with E-state index in [1.165, 1.54) is 0 Å². The van der Waals surface area contributed by atoms with Crippen LogP contribution >= 0.6 is 11.8 Å². The lowest BCUT2D eigenvalue weighted by atomic mass is 10.4. The van der Waals surface area contributed by atoms with Crippen LogP contribution in [0.1, 0.15) is 6.92 Å². The number of thioether (sulfide) groups is 1. The van der Waals surface area contributed by atoms with E-state index < -0.39 is 0 Å². The van der Waals surface area contributed by atoms with Crippen molar-refractivity contribution in [1.29, 1.82) is 0 Å². The molecule has 0 saturated carbocycles. The first-order chi connectivity index (χ1) is 4.29. The summed E-state index contributed by atoms with van der Waals surface area (Å²) >= 11 is 1.70. The Hall–Kier alpha value is -0.440. The number of hydrogen-bond acceptors (Lipinski definition) is 3. The van der Waals surface area contributed by atoms with Gasteiger partial charge in [0.1, 0.15) is 0 Å². The van der Waals surface area contributed by atoms with Crippen molar-refractivity contribution >= 4 is 17.5 Å². The van der Waals surface area contributed by atoms with Gasteiger partial charge in [0.15, 0.2) is 5.78 Å². The zero-order chi connectivity index (χ0) is 6.69. The molecule has 3 heteroatoms. The maximum absolute atomic E-state index is 10.5. The van der Waals surface area contributed by atoms with Gasteiger partial charge in [0.2, 0.25) is 0 Å².